The van der Waals surface area contributed by atoms with Gasteiger partial charge in [-0.25, -0.2) is 0 Å². The van der Waals surface area contributed by atoms with Crippen LogP contribution in [0.2, 0.25) is 0 Å². The summed E-state index contributed by atoms with van der Waals surface area (Å²) in [4.78, 5) is 11.9. The molecule has 0 bridgehead atoms. The van der Waals surface area contributed by atoms with E-state index in [1.54, 1.807) is 24.3 Å². The molecule has 8 nitrogen and oxygen atoms in total. The van der Waals surface area contributed by atoms with Gasteiger partial charge in [0.1, 0.15) is 35.9 Å². The first-order chi connectivity index (χ1) is 12.2. The van der Waals surface area contributed by atoms with E-state index in [2.05, 4.69) is 5.32 Å². The summed E-state index contributed by atoms with van der Waals surface area (Å²) in [6.45, 7) is -0.578. The summed E-state index contributed by atoms with van der Waals surface area (Å²) in [6.07, 6.45) is -5.43. The number of alkyl halides is 3. The van der Waals surface area contributed by atoms with Crippen molar-refractivity contribution in [3.8, 4) is 11.5 Å². The fourth-order valence-corrected chi connectivity index (χ4v) is 2.52. The minimum Gasteiger partial charge on any atom is -0.497 e. The predicted octanol–water partition coefficient (Wildman–Crippen LogP) is 0.368. The maximum Gasteiger partial charge on any atom is 0.272 e. The zero-order valence-electron chi connectivity index (χ0n) is 13.5. The van der Waals surface area contributed by atoms with Crippen LogP contribution in [0.25, 0.3) is 0 Å². The van der Waals surface area contributed by atoms with Gasteiger partial charge in [0.2, 0.25) is 6.29 Å². The second-order valence-corrected chi connectivity index (χ2v) is 7.78. The maximum atomic E-state index is 11.9. The van der Waals surface area contributed by atoms with Crippen LogP contribution in [0.5, 0.6) is 11.5 Å². The number of carbonyl (C=O) groups excluding carboxylic acids is 1. The lowest BCUT2D eigenvalue weighted by molar-refractivity contribution is -0.244. The van der Waals surface area contributed by atoms with Crippen LogP contribution >= 0.6 is 34.8 Å². The van der Waals surface area contributed by atoms with Gasteiger partial charge in [0.15, 0.2) is 0 Å². The quantitative estimate of drug-likeness (QED) is 0.499. The van der Waals surface area contributed by atoms with E-state index in [0.717, 1.165) is 0 Å². The van der Waals surface area contributed by atoms with Crippen LogP contribution in [-0.4, -0.2) is 69.4 Å². The molecule has 1 fully saturated rings. The molecule has 1 aromatic carbocycles. The highest BCUT2D eigenvalue weighted by Crippen LogP contribution is 2.29. The van der Waals surface area contributed by atoms with Crippen LogP contribution < -0.4 is 14.8 Å². The average Bonchev–Trinajstić information content (AvgIpc) is 2.60. The Morgan fingerprint density at radius 3 is 2.27 bits per heavy atom. The minimum absolute atomic E-state index is 0.323. The zero-order chi connectivity index (χ0) is 19.5. The number of halogens is 3. The SMILES string of the molecule is COc1ccc(O[C@H]2O[C@H](CO)[C@@H](O)[C@H](O)[C@H]2NC(=O)C(Cl)(Cl)Cl)cc1. The number of aliphatic hydroxyl groups excluding tert-OH is 3. The molecule has 1 aromatic rings. The number of hydrogen-bond donors (Lipinski definition) is 4. The van der Waals surface area contributed by atoms with Crippen molar-refractivity contribution in [2.75, 3.05) is 13.7 Å². The lowest BCUT2D eigenvalue weighted by atomic mass is 9.97. The van der Waals surface area contributed by atoms with E-state index in [-0.39, 0.29) is 0 Å². The Hall–Kier alpha value is -1.00. The number of hydrogen-bond acceptors (Lipinski definition) is 7. The first-order valence-corrected chi connectivity index (χ1v) is 8.61. The Bertz CT molecular complexity index is 610. The Morgan fingerprint density at radius 1 is 1.19 bits per heavy atom. The van der Waals surface area contributed by atoms with Crippen LogP contribution in [0.1, 0.15) is 0 Å². The zero-order valence-corrected chi connectivity index (χ0v) is 15.8. The van der Waals surface area contributed by atoms with Crippen LogP contribution in [0.15, 0.2) is 24.3 Å². The Morgan fingerprint density at radius 2 is 1.77 bits per heavy atom. The third-order valence-corrected chi connectivity index (χ3v) is 4.26. The van der Waals surface area contributed by atoms with Gasteiger partial charge in [0.25, 0.3) is 9.70 Å². The molecule has 1 aliphatic heterocycles. The molecule has 2 rings (SSSR count). The summed E-state index contributed by atoms with van der Waals surface area (Å²) in [5.74, 6) is -0.121. The summed E-state index contributed by atoms with van der Waals surface area (Å²) in [5.41, 5.74) is 0. The molecule has 1 heterocycles. The number of methoxy groups -OCH3 is 1. The lowest BCUT2D eigenvalue weighted by Gasteiger charge is -2.42. The van der Waals surface area contributed by atoms with E-state index in [4.69, 9.17) is 49.0 Å². The largest absolute Gasteiger partial charge is 0.497 e. The van der Waals surface area contributed by atoms with Crippen molar-refractivity contribution in [3.05, 3.63) is 24.3 Å². The van der Waals surface area contributed by atoms with E-state index >= 15 is 0 Å². The van der Waals surface area contributed by atoms with Gasteiger partial charge in [0.05, 0.1) is 13.7 Å². The number of benzene rings is 1. The van der Waals surface area contributed by atoms with Crippen LogP contribution in [0.4, 0.5) is 0 Å². The smallest absolute Gasteiger partial charge is 0.272 e. The molecule has 0 aromatic heterocycles. The molecule has 0 aliphatic carbocycles. The van der Waals surface area contributed by atoms with E-state index in [0.29, 0.717) is 11.5 Å². The first-order valence-electron chi connectivity index (χ1n) is 7.48. The summed E-state index contributed by atoms with van der Waals surface area (Å²) in [6, 6.07) is 5.13. The standard InChI is InChI=1S/C15H18Cl3NO7/c1-24-7-2-4-8(5-3-7)25-13-10(19-14(23)15(16,17)18)12(22)11(21)9(6-20)26-13/h2-5,9-13,20-22H,6H2,1H3,(H,19,23)/t9-,10-,11-,12-,13+/m1/s1. The Kier molecular flexibility index (Phi) is 7.20. The molecule has 146 valence electrons. The summed E-state index contributed by atoms with van der Waals surface area (Å²) < 4.78 is 13.8. The van der Waals surface area contributed by atoms with Crippen LogP contribution in [-0.2, 0) is 9.53 Å². The van der Waals surface area contributed by atoms with Crippen molar-refractivity contribution in [1.29, 1.82) is 0 Å². The van der Waals surface area contributed by atoms with Gasteiger partial charge < -0.3 is 34.8 Å². The number of carbonyl (C=O) groups is 1. The summed E-state index contributed by atoms with van der Waals surface area (Å²) in [5, 5.41) is 31.9. The van der Waals surface area contributed by atoms with Crippen LogP contribution in [0.3, 0.4) is 0 Å². The molecule has 11 heteroatoms. The number of aliphatic hydroxyl groups is 3. The fraction of sp³-hybridized carbons (Fsp3) is 0.533. The minimum atomic E-state index is -2.29. The molecule has 1 saturated heterocycles. The predicted molar refractivity (Wildman–Crippen MR) is 93.6 cm³/mol. The van der Waals surface area contributed by atoms with Crippen molar-refractivity contribution < 1.29 is 34.3 Å². The van der Waals surface area contributed by atoms with Gasteiger partial charge in [-0.2, -0.15) is 0 Å². The Labute approximate surface area is 164 Å². The summed E-state index contributed by atoms with van der Waals surface area (Å²) >= 11 is 16.6. The highest BCUT2D eigenvalue weighted by atomic mass is 35.6. The Balaban J connectivity index is 2.22. The molecule has 0 spiro atoms. The molecule has 1 amide bonds. The topological polar surface area (TPSA) is 117 Å². The van der Waals surface area contributed by atoms with Crippen molar-refractivity contribution >= 4 is 40.7 Å². The van der Waals surface area contributed by atoms with Gasteiger partial charge in [0, 0.05) is 0 Å². The molecule has 0 saturated carbocycles. The molecule has 5 atom stereocenters. The summed E-state index contributed by atoms with van der Waals surface area (Å²) in [7, 11) is 1.51. The fourth-order valence-electron chi connectivity index (χ4n) is 2.36. The molecular formula is C15H18Cl3NO7. The molecular weight excluding hydrogens is 413 g/mol. The van der Waals surface area contributed by atoms with E-state index in [9.17, 15) is 20.1 Å². The number of amides is 1. The van der Waals surface area contributed by atoms with Crippen molar-refractivity contribution in [2.45, 2.75) is 34.4 Å². The maximum absolute atomic E-state index is 11.9. The third-order valence-electron chi connectivity index (χ3n) is 3.75. The number of ether oxygens (including phenoxy) is 3. The van der Waals surface area contributed by atoms with Gasteiger partial charge >= 0.3 is 0 Å². The van der Waals surface area contributed by atoms with Gasteiger partial charge in [-0.15, -0.1) is 0 Å². The molecule has 0 radical (unpaired) electrons. The van der Waals surface area contributed by atoms with E-state index in [1.807, 2.05) is 0 Å². The second-order valence-electron chi connectivity index (χ2n) is 5.50. The van der Waals surface area contributed by atoms with Crippen molar-refractivity contribution in [1.82, 2.24) is 5.32 Å². The first kappa shape index (κ1) is 21.3. The third kappa shape index (κ3) is 5.04. The van der Waals surface area contributed by atoms with Gasteiger partial charge in [-0.1, -0.05) is 34.8 Å². The lowest BCUT2D eigenvalue weighted by Crippen LogP contribution is -2.66. The number of nitrogens with one attached hydrogen (secondary N) is 1. The monoisotopic (exact) mass is 429 g/mol. The molecule has 0 unspecified atom stereocenters. The highest BCUT2D eigenvalue weighted by molar-refractivity contribution is 6.76. The normalized spacial score (nSPS) is 29.1. The molecule has 1 aliphatic rings. The van der Waals surface area contributed by atoms with Crippen molar-refractivity contribution in [3.63, 3.8) is 0 Å². The molecule has 4 N–H and O–H groups in total. The van der Waals surface area contributed by atoms with E-state index < -0.39 is 47.0 Å². The average molecular weight is 431 g/mol. The van der Waals surface area contributed by atoms with Crippen LogP contribution in [0, 0.1) is 0 Å². The van der Waals surface area contributed by atoms with Crippen molar-refractivity contribution in [2.24, 2.45) is 0 Å². The molecule has 26 heavy (non-hydrogen) atoms. The number of rotatable bonds is 5. The van der Waals surface area contributed by atoms with Gasteiger partial charge in [-0.3, -0.25) is 4.79 Å². The second kappa shape index (κ2) is 8.79. The highest BCUT2D eigenvalue weighted by Gasteiger charge is 2.48. The van der Waals surface area contributed by atoms with Gasteiger partial charge in [-0.05, 0) is 24.3 Å². The van der Waals surface area contributed by atoms with E-state index in [1.165, 1.54) is 7.11 Å².